The summed E-state index contributed by atoms with van der Waals surface area (Å²) in [7, 11) is 1.63. The van der Waals surface area contributed by atoms with Crippen LogP contribution in [0.5, 0.6) is 0 Å². The molecule has 24 heavy (non-hydrogen) atoms. The molecular weight excluding hydrogens is 310 g/mol. The van der Waals surface area contributed by atoms with Gasteiger partial charge in [-0.2, -0.15) is 0 Å². The maximum atomic E-state index is 12.5. The minimum atomic E-state index is -0.381. The Labute approximate surface area is 143 Å². The quantitative estimate of drug-likeness (QED) is 0.450. The molecule has 0 N–H and O–H groups in total. The second kappa shape index (κ2) is 8.12. The maximum absolute atomic E-state index is 12.5. The third-order valence-electron chi connectivity index (χ3n) is 5.10. The second-order valence-corrected chi connectivity index (χ2v) is 6.91. The predicted octanol–water partition coefficient (Wildman–Crippen LogP) is 2.68. The van der Waals surface area contributed by atoms with Gasteiger partial charge in [0.05, 0.1) is 17.9 Å². The summed E-state index contributed by atoms with van der Waals surface area (Å²) in [4.78, 5) is 17.8. The van der Waals surface area contributed by atoms with E-state index in [2.05, 4.69) is 17.3 Å². The van der Waals surface area contributed by atoms with Gasteiger partial charge in [-0.3, -0.25) is 4.79 Å². The van der Waals surface area contributed by atoms with Gasteiger partial charge in [0.25, 0.3) is 0 Å². The van der Waals surface area contributed by atoms with Gasteiger partial charge >= 0.3 is 5.97 Å². The summed E-state index contributed by atoms with van der Waals surface area (Å²) in [5, 5.41) is 4.21. The van der Waals surface area contributed by atoms with Gasteiger partial charge in [-0.1, -0.05) is 17.3 Å². The summed E-state index contributed by atoms with van der Waals surface area (Å²) < 4.78 is 16.4. The number of ether oxygens (including phenoxy) is 3. The molecule has 1 fully saturated rings. The minimum Gasteiger partial charge on any atom is -0.462 e. The average molecular weight is 337 g/mol. The highest BCUT2D eigenvalue weighted by Gasteiger charge is 2.44. The van der Waals surface area contributed by atoms with Crippen LogP contribution in [0, 0.1) is 17.8 Å². The minimum absolute atomic E-state index is 0.0654. The van der Waals surface area contributed by atoms with Crippen LogP contribution in [0.3, 0.4) is 0 Å². The molecule has 0 saturated heterocycles. The van der Waals surface area contributed by atoms with E-state index in [9.17, 15) is 4.79 Å². The highest BCUT2D eigenvalue weighted by Crippen LogP contribution is 2.39. The van der Waals surface area contributed by atoms with Crippen molar-refractivity contribution in [2.45, 2.75) is 51.2 Å². The van der Waals surface area contributed by atoms with E-state index in [4.69, 9.17) is 19.0 Å². The molecule has 2 heterocycles. The smallest absolute Gasteiger partial charge is 0.318 e. The summed E-state index contributed by atoms with van der Waals surface area (Å²) in [5.74, 6) is -0.102. The van der Waals surface area contributed by atoms with E-state index >= 15 is 0 Å². The van der Waals surface area contributed by atoms with E-state index < -0.39 is 0 Å². The fourth-order valence-corrected chi connectivity index (χ4v) is 3.86. The lowest BCUT2D eigenvalue weighted by molar-refractivity contribution is -0.152. The first-order valence-electron chi connectivity index (χ1n) is 8.86. The van der Waals surface area contributed by atoms with Crippen LogP contribution in [-0.4, -0.2) is 44.4 Å². The molecule has 0 unspecified atom stereocenters. The van der Waals surface area contributed by atoms with Crippen LogP contribution >= 0.6 is 0 Å². The molecule has 3 aliphatic rings. The Bertz CT molecular complexity index is 504. The molecule has 0 aromatic heterocycles. The Morgan fingerprint density at radius 2 is 2.25 bits per heavy atom. The van der Waals surface area contributed by atoms with Gasteiger partial charge < -0.3 is 19.0 Å². The summed E-state index contributed by atoms with van der Waals surface area (Å²) >= 11 is 0. The molecule has 134 valence electrons. The number of allylic oxidation sites excluding steroid dienone is 2. The normalized spacial score (nSPS) is 38.0. The summed E-state index contributed by atoms with van der Waals surface area (Å²) in [5.41, 5.74) is 0.825. The summed E-state index contributed by atoms with van der Waals surface area (Å²) in [6.07, 6.45) is 9.23. The first kappa shape index (κ1) is 17.4. The van der Waals surface area contributed by atoms with Gasteiger partial charge in [0.15, 0.2) is 0 Å². The van der Waals surface area contributed by atoms with Gasteiger partial charge in [0, 0.05) is 13.0 Å². The fraction of sp³-hybridized carbons (Fsp3) is 0.778. The zero-order valence-electron chi connectivity index (χ0n) is 14.5. The topological polar surface area (TPSA) is 66.4 Å². The lowest BCUT2D eigenvalue weighted by Crippen LogP contribution is -2.34. The lowest BCUT2D eigenvalue weighted by atomic mass is 9.84. The van der Waals surface area contributed by atoms with E-state index in [1.807, 2.05) is 6.92 Å². The molecule has 5 atom stereocenters. The van der Waals surface area contributed by atoms with E-state index in [1.54, 1.807) is 7.11 Å². The SMILES string of the molecule is COCO[C@H]1C[C@H]2/C=C\CCC[C@H](C)OC(=O)[C@@H]3CON=C3[C@@H]2C1. The number of fused-ring (bicyclic) bond motifs is 3. The number of rotatable bonds is 3. The first-order chi connectivity index (χ1) is 11.7. The number of carbonyl (C=O) groups is 1. The van der Waals surface area contributed by atoms with E-state index in [1.165, 1.54) is 0 Å². The summed E-state index contributed by atoms with van der Waals surface area (Å²) in [6, 6.07) is 0. The zero-order chi connectivity index (χ0) is 16.9. The van der Waals surface area contributed by atoms with Crippen LogP contribution in [0.15, 0.2) is 17.3 Å². The molecule has 6 heteroatoms. The highest BCUT2D eigenvalue weighted by molar-refractivity contribution is 6.04. The van der Waals surface area contributed by atoms with Crippen molar-refractivity contribution in [2.24, 2.45) is 22.9 Å². The van der Waals surface area contributed by atoms with Crippen molar-refractivity contribution in [1.82, 2.24) is 0 Å². The molecule has 0 aromatic rings. The van der Waals surface area contributed by atoms with Crippen molar-refractivity contribution in [3.63, 3.8) is 0 Å². The second-order valence-electron chi connectivity index (χ2n) is 6.91. The number of oxime groups is 1. The highest BCUT2D eigenvalue weighted by atomic mass is 16.7. The molecule has 1 saturated carbocycles. The molecule has 0 bridgehead atoms. The van der Waals surface area contributed by atoms with Gasteiger partial charge in [0.1, 0.15) is 19.3 Å². The first-order valence-corrected chi connectivity index (χ1v) is 8.86. The van der Waals surface area contributed by atoms with Gasteiger partial charge in [-0.25, -0.2) is 0 Å². The van der Waals surface area contributed by atoms with Crippen molar-refractivity contribution in [1.29, 1.82) is 0 Å². The van der Waals surface area contributed by atoms with Crippen LogP contribution in [0.4, 0.5) is 0 Å². The van der Waals surface area contributed by atoms with E-state index in [0.717, 1.165) is 37.8 Å². The van der Waals surface area contributed by atoms with Crippen LogP contribution in [0.25, 0.3) is 0 Å². The number of cyclic esters (lactones) is 1. The molecule has 0 amide bonds. The van der Waals surface area contributed by atoms with Crippen molar-refractivity contribution < 1.29 is 23.8 Å². The molecule has 1 aliphatic carbocycles. The standard InChI is InChI=1S/C18H27NO5/c1-12-6-4-3-5-7-13-8-14(22-11-21-2)9-15(13)17-16(10-23-19-17)18(20)24-12/h5,7,12-16H,3-4,6,8-11H2,1-2H3/b7-5-/t12-,13+,14-,15+,16+/m0/s1. The Kier molecular flexibility index (Phi) is 5.89. The van der Waals surface area contributed by atoms with Crippen LogP contribution < -0.4 is 0 Å². The van der Waals surface area contributed by atoms with Gasteiger partial charge in [-0.05, 0) is 44.9 Å². The van der Waals surface area contributed by atoms with E-state index in [-0.39, 0.29) is 36.6 Å². The Morgan fingerprint density at radius 3 is 3.08 bits per heavy atom. The van der Waals surface area contributed by atoms with Crippen molar-refractivity contribution >= 4 is 11.7 Å². The van der Waals surface area contributed by atoms with Gasteiger partial charge in [-0.15, -0.1) is 0 Å². The molecular formula is C18H27NO5. The molecule has 6 nitrogen and oxygen atoms in total. The van der Waals surface area contributed by atoms with Crippen molar-refractivity contribution in [3.8, 4) is 0 Å². The van der Waals surface area contributed by atoms with Crippen LogP contribution in [0.1, 0.15) is 39.0 Å². The Morgan fingerprint density at radius 1 is 1.38 bits per heavy atom. The number of esters is 1. The number of hydrogen-bond donors (Lipinski definition) is 0. The van der Waals surface area contributed by atoms with Crippen molar-refractivity contribution in [3.05, 3.63) is 12.2 Å². The zero-order valence-corrected chi connectivity index (χ0v) is 14.5. The van der Waals surface area contributed by atoms with E-state index in [0.29, 0.717) is 12.7 Å². The monoisotopic (exact) mass is 337 g/mol. The number of carbonyl (C=O) groups excluding carboxylic acids is 1. The molecule has 2 aliphatic heterocycles. The lowest BCUT2D eigenvalue weighted by Gasteiger charge is -2.21. The number of methoxy groups -OCH3 is 1. The van der Waals surface area contributed by atoms with Crippen LogP contribution in [-0.2, 0) is 23.8 Å². The molecule has 0 radical (unpaired) electrons. The molecule has 0 spiro atoms. The van der Waals surface area contributed by atoms with Crippen LogP contribution in [0.2, 0.25) is 0 Å². The third-order valence-corrected chi connectivity index (χ3v) is 5.10. The van der Waals surface area contributed by atoms with Crippen molar-refractivity contribution in [2.75, 3.05) is 20.5 Å². The number of hydrogen-bond acceptors (Lipinski definition) is 6. The van der Waals surface area contributed by atoms with Gasteiger partial charge in [0.2, 0.25) is 0 Å². The third kappa shape index (κ3) is 3.98. The average Bonchev–Trinajstić information content (AvgIpc) is 3.18. The fourth-order valence-electron chi connectivity index (χ4n) is 3.86. The number of nitrogens with zero attached hydrogens (tertiary/aromatic N) is 1. The summed E-state index contributed by atoms with van der Waals surface area (Å²) in [6.45, 7) is 2.53. The Balaban J connectivity index is 1.79. The largest absolute Gasteiger partial charge is 0.462 e. The molecule has 0 aromatic carbocycles. The predicted molar refractivity (Wildman–Crippen MR) is 88.4 cm³/mol. The maximum Gasteiger partial charge on any atom is 0.318 e. The molecule has 3 rings (SSSR count). The Hall–Kier alpha value is -1.40.